The Labute approximate surface area is 197 Å². The minimum Gasteiger partial charge on any atom is -0.508 e. The Kier molecular flexibility index (Phi) is 6.95. The first kappa shape index (κ1) is 23.5. The topological polar surface area (TPSA) is 113 Å². The van der Waals surface area contributed by atoms with Crippen LogP contribution in [0.1, 0.15) is 52.0 Å². The van der Waals surface area contributed by atoms with Gasteiger partial charge in [0.1, 0.15) is 11.8 Å². The number of rotatable bonds is 7. The summed E-state index contributed by atoms with van der Waals surface area (Å²) in [5.74, 6) is -2.01. The number of phenolic OH excluding ortho intramolecular Hbond substituents is 1. The number of methoxy groups -OCH3 is 1. The van der Waals surface area contributed by atoms with Gasteiger partial charge < -0.3 is 15.2 Å². The number of aromatic hydroxyl groups is 1. The van der Waals surface area contributed by atoms with E-state index in [1.165, 1.54) is 24.1 Å². The van der Waals surface area contributed by atoms with Gasteiger partial charge in [-0.2, -0.15) is 0 Å². The van der Waals surface area contributed by atoms with Crippen LogP contribution in [0.2, 0.25) is 0 Å². The number of phenols is 1. The molecule has 2 aromatic rings. The number of imide groups is 1. The largest absolute Gasteiger partial charge is 0.508 e. The number of esters is 1. The fraction of sp³-hybridized carbons (Fsp3) is 0.385. The average Bonchev–Trinajstić information content (AvgIpc) is 3.09. The maximum absolute atomic E-state index is 13.3. The monoisotopic (exact) mass is 464 g/mol. The summed E-state index contributed by atoms with van der Waals surface area (Å²) in [5.41, 5.74) is 1.55. The molecule has 178 valence electrons. The second-order valence-corrected chi connectivity index (χ2v) is 8.87. The lowest BCUT2D eigenvalue weighted by atomic mass is 9.78. The number of ether oxygens (including phenoxy) is 1. The van der Waals surface area contributed by atoms with Crippen LogP contribution in [0, 0.1) is 11.8 Å². The van der Waals surface area contributed by atoms with E-state index in [1.54, 1.807) is 36.4 Å². The minimum atomic E-state index is -0.885. The number of amides is 3. The third-order valence-corrected chi connectivity index (χ3v) is 6.72. The van der Waals surface area contributed by atoms with Crippen molar-refractivity contribution < 1.29 is 29.0 Å². The summed E-state index contributed by atoms with van der Waals surface area (Å²) >= 11 is 0. The van der Waals surface area contributed by atoms with Gasteiger partial charge in [-0.3, -0.25) is 19.3 Å². The highest BCUT2D eigenvalue weighted by Crippen LogP contribution is 2.33. The van der Waals surface area contributed by atoms with Crippen molar-refractivity contribution >= 4 is 23.7 Å². The molecule has 0 saturated heterocycles. The van der Waals surface area contributed by atoms with E-state index in [0.29, 0.717) is 24.0 Å². The van der Waals surface area contributed by atoms with Crippen molar-refractivity contribution in [3.63, 3.8) is 0 Å². The van der Waals surface area contributed by atoms with Gasteiger partial charge in [0, 0.05) is 18.9 Å². The lowest BCUT2D eigenvalue weighted by Gasteiger charge is -2.33. The zero-order valence-corrected chi connectivity index (χ0v) is 19.0. The first-order valence-electron chi connectivity index (χ1n) is 11.5. The molecule has 1 saturated carbocycles. The maximum atomic E-state index is 13.3. The van der Waals surface area contributed by atoms with Crippen LogP contribution in [0.15, 0.2) is 48.5 Å². The van der Waals surface area contributed by atoms with Crippen LogP contribution in [0.5, 0.6) is 5.75 Å². The molecule has 4 rings (SSSR count). The summed E-state index contributed by atoms with van der Waals surface area (Å²) in [5, 5.41) is 12.3. The van der Waals surface area contributed by atoms with E-state index in [4.69, 9.17) is 4.74 Å². The smallest absolute Gasteiger partial charge is 0.328 e. The third-order valence-electron chi connectivity index (χ3n) is 6.72. The predicted octanol–water partition coefficient (Wildman–Crippen LogP) is 2.70. The number of hydrogen-bond acceptors (Lipinski definition) is 6. The molecule has 1 aliphatic heterocycles. The standard InChI is InChI=1S/C26H28N2O6/c1-34-26(33)22(14-16-10-12-18(29)13-11-16)27-23(30)19-7-3-2-6-17(19)15-28-24(31)20-8-4-5-9-21(20)25(28)32/h4-5,8-13,17,19,22,29H,2-3,6-7,14-15H2,1H3,(H,27,30). The predicted molar refractivity (Wildman–Crippen MR) is 123 cm³/mol. The molecule has 8 nitrogen and oxygen atoms in total. The van der Waals surface area contributed by atoms with Crippen LogP contribution in [-0.2, 0) is 20.7 Å². The van der Waals surface area contributed by atoms with E-state index < -0.39 is 17.9 Å². The van der Waals surface area contributed by atoms with E-state index in [2.05, 4.69) is 5.32 Å². The summed E-state index contributed by atoms with van der Waals surface area (Å²) < 4.78 is 4.89. The van der Waals surface area contributed by atoms with Crippen LogP contribution in [0.4, 0.5) is 0 Å². The first-order chi connectivity index (χ1) is 16.4. The lowest BCUT2D eigenvalue weighted by Crippen LogP contribution is -2.49. The quantitative estimate of drug-likeness (QED) is 0.481. The van der Waals surface area contributed by atoms with Crippen LogP contribution >= 0.6 is 0 Å². The van der Waals surface area contributed by atoms with Crippen LogP contribution in [0.3, 0.4) is 0 Å². The fourth-order valence-corrected chi connectivity index (χ4v) is 4.89. The summed E-state index contributed by atoms with van der Waals surface area (Å²) in [6.07, 6.45) is 3.32. The third kappa shape index (κ3) is 4.81. The zero-order valence-electron chi connectivity index (χ0n) is 19.0. The molecule has 0 aromatic heterocycles. The lowest BCUT2D eigenvalue weighted by molar-refractivity contribution is -0.146. The Morgan fingerprint density at radius 2 is 1.65 bits per heavy atom. The number of fused-ring (bicyclic) bond motifs is 1. The minimum absolute atomic E-state index is 0.112. The van der Waals surface area contributed by atoms with Gasteiger partial charge in [-0.15, -0.1) is 0 Å². The number of carbonyl (C=O) groups excluding carboxylic acids is 4. The number of nitrogens with one attached hydrogen (secondary N) is 1. The molecule has 2 aromatic carbocycles. The highest BCUT2D eigenvalue weighted by Gasteiger charge is 2.40. The average molecular weight is 465 g/mol. The van der Waals surface area contributed by atoms with Gasteiger partial charge in [-0.05, 0) is 48.6 Å². The van der Waals surface area contributed by atoms with Crippen molar-refractivity contribution in [3.05, 3.63) is 65.2 Å². The van der Waals surface area contributed by atoms with E-state index in [-0.39, 0.29) is 42.4 Å². The highest BCUT2D eigenvalue weighted by atomic mass is 16.5. The van der Waals surface area contributed by atoms with Crippen molar-refractivity contribution in [2.45, 2.75) is 38.1 Å². The van der Waals surface area contributed by atoms with E-state index in [9.17, 15) is 24.3 Å². The molecule has 34 heavy (non-hydrogen) atoms. The van der Waals surface area contributed by atoms with E-state index in [0.717, 1.165) is 18.4 Å². The number of benzene rings is 2. The molecule has 0 bridgehead atoms. The Morgan fingerprint density at radius 1 is 1.03 bits per heavy atom. The molecule has 3 unspecified atom stereocenters. The highest BCUT2D eigenvalue weighted by molar-refractivity contribution is 6.21. The summed E-state index contributed by atoms with van der Waals surface area (Å²) in [6, 6.07) is 12.3. The summed E-state index contributed by atoms with van der Waals surface area (Å²) in [7, 11) is 1.27. The molecule has 2 aliphatic rings. The van der Waals surface area contributed by atoms with Gasteiger partial charge in [-0.1, -0.05) is 37.1 Å². The van der Waals surface area contributed by atoms with Gasteiger partial charge in [0.15, 0.2) is 0 Å². The van der Waals surface area contributed by atoms with E-state index >= 15 is 0 Å². The number of carbonyl (C=O) groups is 4. The normalized spacial score (nSPS) is 20.6. The first-order valence-corrected chi connectivity index (χ1v) is 11.5. The van der Waals surface area contributed by atoms with E-state index in [1.807, 2.05) is 0 Å². The molecule has 3 amide bonds. The Morgan fingerprint density at radius 3 is 2.26 bits per heavy atom. The maximum Gasteiger partial charge on any atom is 0.328 e. The van der Waals surface area contributed by atoms with Crippen molar-refractivity contribution in [1.82, 2.24) is 10.2 Å². The molecular weight excluding hydrogens is 436 g/mol. The van der Waals surface area contributed by atoms with Crippen LogP contribution < -0.4 is 5.32 Å². The molecular formula is C26H28N2O6. The zero-order chi connectivity index (χ0) is 24.2. The second-order valence-electron chi connectivity index (χ2n) is 8.87. The van der Waals surface area contributed by atoms with Crippen LogP contribution in [-0.4, -0.2) is 53.4 Å². The van der Waals surface area contributed by atoms with Crippen molar-refractivity contribution in [2.75, 3.05) is 13.7 Å². The fourth-order valence-electron chi connectivity index (χ4n) is 4.89. The molecule has 1 aliphatic carbocycles. The molecule has 2 N–H and O–H groups in total. The van der Waals surface area contributed by atoms with Gasteiger partial charge >= 0.3 is 5.97 Å². The second kappa shape index (κ2) is 10.1. The summed E-state index contributed by atoms with van der Waals surface area (Å²) in [4.78, 5) is 52.6. The summed E-state index contributed by atoms with van der Waals surface area (Å²) in [6.45, 7) is 0.172. The molecule has 0 spiro atoms. The number of hydrogen-bond donors (Lipinski definition) is 2. The van der Waals surface area contributed by atoms with Gasteiger partial charge in [0.05, 0.1) is 18.2 Å². The van der Waals surface area contributed by atoms with Gasteiger partial charge in [-0.25, -0.2) is 4.79 Å². The molecule has 1 heterocycles. The molecule has 8 heteroatoms. The Hall–Kier alpha value is -3.68. The number of nitrogens with zero attached hydrogens (tertiary/aromatic N) is 1. The Balaban J connectivity index is 1.47. The van der Waals surface area contributed by atoms with Gasteiger partial charge in [0.25, 0.3) is 11.8 Å². The van der Waals surface area contributed by atoms with Crippen LogP contribution in [0.25, 0.3) is 0 Å². The molecule has 0 radical (unpaired) electrons. The molecule has 1 fully saturated rings. The SMILES string of the molecule is COC(=O)C(Cc1ccc(O)cc1)NC(=O)C1CCCCC1CN1C(=O)c2ccccc2C1=O. The molecule has 3 atom stereocenters. The van der Waals surface area contributed by atoms with Crippen molar-refractivity contribution in [3.8, 4) is 5.75 Å². The van der Waals surface area contributed by atoms with Gasteiger partial charge in [0.2, 0.25) is 5.91 Å². The van der Waals surface area contributed by atoms with Crippen molar-refractivity contribution in [1.29, 1.82) is 0 Å². The Bertz CT molecular complexity index is 1060. The van der Waals surface area contributed by atoms with Crippen molar-refractivity contribution in [2.24, 2.45) is 11.8 Å².